The summed E-state index contributed by atoms with van der Waals surface area (Å²) in [5.41, 5.74) is 6.41. The molecular weight excluding hydrogens is 280 g/mol. The highest BCUT2D eigenvalue weighted by atomic mass is 35.5. The van der Waals surface area contributed by atoms with Crippen molar-refractivity contribution in [3.05, 3.63) is 38.9 Å². The summed E-state index contributed by atoms with van der Waals surface area (Å²) in [5.74, 6) is 0.361. The minimum absolute atomic E-state index is 0.00178. The van der Waals surface area contributed by atoms with Gasteiger partial charge in [0.2, 0.25) is 0 Å². The van der Waals surface area contributed by atoms with E-state index in [-0.39, 0.29) is 12.2 Å². The highest BCUT2D eigenvalue weighted by Gasteiger charge is 2.15. The molecule has 0 aliphatic heterocycles. The average molecular weight is 297 g/mol. The number of nitro benzene ring substituents is 1. The molecule has 1 saturated carbocycles. The molecule has 0 unspecified atom stereocenters. The van der Waals surface area contributed by atoms with E-state index in [1.807, 2.05) is 0 Å². The maximum absolute atomic E-state index is 10.7. The van der Waals surface area contributed by atoms with Crippen molar-refractivity contribution in [2.45, 2.75) is 38.3 Å². The highest BCUT2D eigenvalue weighted by Crippen LogP contribution is 2.22. The van der Waals surface area contributed by atoms with E-state index in [0.717, 1.165) is 12.8 Å². The lowest BCUT2D eigenvalue weighted by Gasteiger charge is -2.12. The van der Waals surface area contributed by atoms with Gasteiger partial charge in [0.25, 0.3) is 5.69 Å². The van der Waals surface area contributed by atoms with Crippen LogP contribution in [0, 0.1) is 10.1 Å². The summed E-state index contributed by atoms with van der Waals surface area (Å²) in [4.78, 5) is 14.5. The third-order valence-electron chi connectivity index (χ3n) is 3.37. The third kappa shape index (κ3) is 3.84. The van der Waals surface area contributed by atoms with Gasteiger partial charge < -0.3 is 11.1 Å². The van der Waals surface area contributed by atoms with E-state index in [2.05, 4.69) is 10.3 Å². The van der Waals surface area contributed by atoms with Crippen molar-refractivity contribution in [1.29, 1.82) is 0 Å². The molecule has 0 saturated heterocycles. The maximum atomic E-state index is 10.7. The molecule has 0 bridgehead atoms. The standard InChI is InChI=1S/C13H17ClN4O2/c14-12-6-5-11(18(19)20)7-9(12)8-16-13(15)17-10-3-1-2-4-10/h5-7,10H,1-4,8H2,(H3,15,16,17). The largest absolute Gasteiger partial charge is 0.370 e. The molecule has 0 spiro atoms. The van der Waals surface area contributed by atoms with Crippen LogP contribution in [0.25, 0.3) is 0 Å². The zero-order valence-corrected chi connectivity index (χ0v) is 11.8. The maximum Gasteiger partial charge on any atom is 0.269 e. The quantitative estimate of drug-likeness (QED) is 0.386. The van der Waals surface area contributed by atoms with Crippen molar-refractivity contribution < 1.29 is 4.92 Å². The first-order valence-electron chi connectivity index (χ1n) is 6.55. The summed E-state index contributed by atoms with van der Waals surface area (Å²) in [6.45, 7) is 0.228. The Morgan fingerprint density at radius 3 is 2.85 bits per heavy atom. The van der Waals surface area contributed by atoms with Crippen molar-refractivity contribution in [2.75, 3.05) is 0 Å². The number of rotatable bonds is 4. The SMILES string of the molecule is NC(=NCc1cc([N+](=O)[O-])ccc1Cl)NC1CCCC1. The van der Waals surface area contributed by atoms with Crippen LogP contribution in [0.4, 0.5) is 5.69 Å². The van der Waals surface area contributed by atoms with Gasteiger partial charge in [-0.2, -0.15) is 0 Å². The first kappa shape index (κ1) is 14.6. The topological polar surface area (TPSA) is 93.5 Å². The predicted molar refractivity (Wildman–Crippen MR) is 78.8 cm³/mol. The molecule has 1 aliphatic carbocycles. The van der Waals surface area contributed by atoms with Crippen LogP contribution in [-0.2, 0) is 6.54 Å². The summed E-state index contributed by atoms with van der Waals surface area (Å²) in [5, 5.41) is 14.3. The van der Waals surface area contributed by atoms with Crippen molar-refractivity contribution >= 4 is 23.2 Å². The van der Waals surface area contributed by atoms with Crippen LogP contribution in [-0.4, -0.2) is 16.9 Å². The highest BCUT2D eigenvalue weighted by molar-refractivity contribution is 6.31. The van der Waals surface area contributed by atoms with Gasteiger partial charge in [-0.1, -0.05) is 24.4 Å². The molecule has 0 amide bonds. The fourth-order valence-electron chi connectivity index (χ4n) is 2.29. The fourth-order valence-corrected chi connectivity index (χ4v) is 2.47. The predicted octanol–water partition coefficient (Wildman–Crippen LogP) is 2.60. The second-order valence-corrected chi connectivity index (χ2v) is 5.27. The minimum atomic E-state index is -0.455. The number of hydrogen-bond acceptors (Lipinski definition) is 3. The van der Waals surface area contributed by atoms with E-state index in [9.17, 15) is 10.1 Å². The molecule has 2 rings (SSSR count). The van der Waals surface area contributed by atoms with Gasteiger partial charge in [0.1, 0.15) is 0 Å². The molecule has 1 aliphatic rings. The molecule has 0 radical (unpaired) electrons. The molecule has 6 nitrogen and oxygen atoms in total. The molecular formula is C13H17ClN4O2. The lowest BCUT2D eigenvalue weighted by molar-refractivity contribution is -0.384. The number of nitro groups is 1. The number of nitrogens with one attached hydrogen (secondary N) is 1. The number of halogens is 1. The monoisotopic (exact) mass is 296 g/mol. The van der Waals surface area contributed by atoms with Gasteiger partial charge in [-0.25, -0.2) is 4.99 Å². The Balaban J connectivity index is 2.01. The minimum Gasteiger partial charge on any atom is -0.370 e. The molecule has 1 aromatic rings. The second-order valence-electron chi connectivity index (χ2n) is 4.86. The van der Waals surface area contributed by atoms with E-state index >= 15 is 0 Å². The van der Waals surface area contributed by atoms with Crippen LogP contribution < -0.4 is 11.1 Å². The Kier molecular flexibility index (Phi) is 4.79. The van der Waals surface area contributed by atoms with Crippen LogP contribution >= 0.6 is 11.6 Å². The Morgan fingerprint density at radius 1 is 1.50 bits per heavy atom. The average Bonchev–Trinajstić information content (AvgIpc) is 2.90. The van der Waals surface area contributed by atoms with Crippen LogP contribution in [0.3, 0.4) is 0 Å². The Morgan fingerprint density at radius 2 is 2.20 bits per heavy atom. The number of non-ortho nitro benzene ring substituents is 1. The number of hydrogen-bond donors (Lipinski definition) is 2. The lowest BCUT2D eigenvalue weighted by Crippen LogP contribution is -2.38. The smallest absolute Gasteiger partial charge is 0.269 e. The molecule has 1 fully saturated rings. The fraction of sp³-hybridized carbons (Fsp3) is 0.462. The van der Waals surface area contributed by atoms with Gasteiger partial charge in [-0.05, 0) is 24.5 Å². The van der Waals surface area contributed by atoms with Gasteiger partial charge >= 0.3 is 0 Å². The summed E-state index contributed by atoms with van der Waals surface area (Å²) >= 11 is 6.00. The van der Waals surface area contributed by atoms with E-state index in [1.54, 1.807) is 0 Å². The summed E-state index contributed by atoms with van der Waals surface area (Å²) in [6, 6.07) is 4.69. The zero-order chi connectivity index (χ0) is 14.5. The summed E-state index contributed by atoms with van der Waals surface area (Å²) in [6.07, 6.45) is 4.63. The van der Waals surface area contributed by atoms with Crippen LogP contribution in [0.5, 0.6) is 0 Å². The molecule has 7 heteroatoms. The number of nitrogens with zero attached hydrogens (tertiary/aromatic N) is 2. The summed E-state index contributed by atoms with van der Waals surface area (Å²) < 4.78 is 0. The Bertz CT molecular complexity index is 527. The number of aliphatic imine (C=N–C) groups is 1. The second kappa shape index (κ2) is 6.56. The molecule has 0 heterocycles. The third-order valence-corrected chi connectivity index (χ3v) is 3.74. The van der Waals surface area contributed by atoms with E-state index < -0.39 is 4.92 Å². The molecule has 0 aromatic heterocycles. The van der Waals surface area contributed by atoms with Crippen molar-refractivity contribution in [3.63, 3.8) is 0 Å². The van der Waals surface area contributed by atoms with Crippen molar-refractivity contribution in [3.8, 4) is 0 Å². The number of guanidine groups is 1. The molecule has 3 N–H and O–H groups in total. The van der Waals surface area contributed by atoms with Crippen LogP contribution in [0.15, 0.2) is 23.2 Å². The van der Waals surface area contributed by atoms with E-state index in [1.165, 1.54) is 31.0 Å². The van der Waals surface area contributed by atoms with Gasteiger partial charge in [0.15, 0.2) is 5.96 Å². The number of benzene rings is 1. The molecule has 1 aromatic carbocycles. The van der Waals surface area contributed by atoms with Gasteiger partial charge in [0.05, 0.1) is 11.5 Å². The van der Waals surface area contributed by atoms with Crippen LogP contribution in [0.1, 0.15) is 31.2 Å². The molecule has 0 atom stereocenters. The van der Waals surface area contributed by atoms with E-state index in [0.29, 0.717) is 22.6 Å². The van der Waals surface area contributed by atoms with Gasteiger partial charge in [-0.3, -0.25) is 10.1 Å². The molecule has 20 heavy (non-hydrogen) atoms. The Labute approximate surface area is 122 Å². The summed E-state index contributed by atoms with van der Waals surface area (Å²) in [7, 11) is 0. The lowest BCUT2D eigenvalue weighted by atomic mass is 10.2. The first-order valence-corrected chi connectivity index (χ1v) is 6.93. The number of nitrogens with two attached hydrogens (primary N) is 1. The zero-order valence-electron chi connectivity index (χ0n) is 11.0. The normalized spacial score (nSPS) is 16.4. The van der Waals surface area contributed by atoms with Crippen molar-refractivity contribution in [1.82, 2.24) is 5.32 Å². The van der Waals surface area contributed by atoms with Crippen molar-refractivity contribution in [2.24, 2.45) is 10.7 Å². The van der Waals surface area contributed by atoms with Gasteiger partial charge in [-0.15, -0.1) is 0 Å². The van der Waals surface area contributed by atoms with Crippen LogP contribution in [0.2, 0.25) is 5.02 Å². The molecule has 108 valence electrons. The Hall–Kier alpha value is -1.82. The van der Waals surface area contributed by atoms with Gasteiger partial charge in [0, 0.05) is 23.2 Å². The first-order chi connectivity index (χ1) is 9.56. The van der Waals surface area contributed by atoms with E-state index in [4.69, 9.17) is 17.3 Å².